The first-order valence-electron chi connectivity index (χ1n) is 11.7. The summed E-state index contributed by atoms with van der Waals surface area (Å²) in [5, 5.41) is 2.34. The first kappa shape index (κ1) is 24.3. The van der Waals surface area contributed by atoms with E-state index in [2.05, 4.69) is 17.4 Å². The van der Waals surface area contributed by atoms with Gasteiger partial charge in [-0.1, -0.05) is 24.3 Å². The molecule has 2 aliphatic heterocycles. The number of benzene rings is 2. The van der Waals surface area contributed by atoms with E-state index in [1.54, 1.807) is 0 Å². The lowest BCUT2D eigenvalue weighted by Crippen LogP contribution is -2.44. The Morgan fingerprint density at radius 2 is 1.76 bits per heavy atom. The lowest BCUT2D eigenvalue weighted by molar-refractivity contribution is -0.122. The number of nitrogens with zero attached hydrogens (tertiary/aromatic N) is 1. The van der Waals surface area contributed by atoms with Crippen molar-refractivity contribution in [2.45, 2.75) is 37.4 Å². The molecule has 9 heteroatoms. The summed E-state index contributed by atoms with van der Waals surface area (Å²) < 4.78 is 17.0. The summed E-state index contributed by atoms with van der Waals surface area (Å²) in [6, 6.07) is 15.6. The highest BCUT2D eigenvalue weighted by Gasteiger charge is 2.40. The molecule has 1 saturated heterocycles. The lowest BCUT2D eigenvalue weighted by Gasteiger charge is -2.33. The van der Waals surface area contributed by atoms with Crippen LogP contribution in [-0.2, 0) is 22.5 Å². The molecule has 0 spiro atoms. The van der Waals surface area contributed by atoms with Gasteiger partial charge >= 0.3 is 6.03 Å². The van der Waals surface area contributed by atoms with Gasteiger partial charge in [-0.05, 0) is 61.1 Å². The molecule has 2 aromatic carbocycles. The third-order valence-electron chi connectivity index (χ3n) is 6.29. The molecular weight excluding hydrogens is 453 g/mol. The number of carbonyl (C=O) groups excluding carboxylic acids is 2. The molecule has 1 atom stereocenters. The van der Waals surface area contributed by atoms with Gasteiger partial charge < -0.3 is 29.9 Å². The van der Waals surface area contributed by atoms with Crippen LogP contribution in [-0.4, -0.2) is 54.9 Å². The molecule has 2 aromatic rings. The number of urea groups is 1. The van der Waals surface area contributed by atoms with Gasteiger partial charge in [-0.3, -0.25) is 4.79 Å². The number of hydrogen-bond donors (Lipinski definition) is 2. The van der Waals surface area contributed by atoms with Crippen LogP contribution in [0.1, 0.15) is 30.4 Å². The first-order valence-corrected chi connectivity index (χ1v) is 12.6. The molecule has 0 radical (unpaired) electrons. The fraction of sp³-hybridized carbons (Fsp3) is 0.440. The van der Waals surface area contributed by atoms with Crippen LogP contribution < -0.4 is 20.3 Å². The van der Waals surface area contributed by atoms with E-state index in [0.29, 0.717) is 57.9 Å². The van der Waals surface area contributed by atoms with Gasteiger partial charge in [0.15, 0.2) is 0 Å². The largest absolute Gasteiger partial charge is 0.494 e. The molecule has 8 nitrogen and oxygen atoms in total. The number of nitrogens with one attached hydrogen (secondary N) is 1. The van der Waals surface area contributed by atoms with Crippen molar-refractivity contribution in [2.75, 3.05) is 32.9 Å². The quantitative estimate of drug-likeness (QED) is 0.419. The van der Waals surface area contributed by atoms with Crippen LogP contribution in [0.3, 0.4) is 0 Å². The molecule has 3 N–H and O–H groups in total. The van der Waals surface area contributed by atoms with Gasteiger partial charge in [-0.15, -0.1) is 0 Å². The van der Waals surface area contributed by atoms with E-state index in [1.807, 2.05) is 41.3 Å². The lowest BCUT2D eigenvalue weighted by atomic mass is 9.98. The van der Waals surface area contributed by atoms with E-state index in [-0.39, 0.29) is 20.7 Å². The number of nitrogens with two attached hydrogens (primary N) is 1. The van der Waals surface area contributed by atoms with Crippen LogP contribution >= 0.6 is 8.81 Å². The van der Waals surface area contributed by atoms with Crippen LogP contribution in [0.4, 0.5) is 4.79 Å². The van der Waals surface area contributed by atoms with Crippen LogP contribution in [0.25, 0.3) is 0 Å². The van der Waals surface area contributed by atoms with Crippen LogP contribution in [0.15, 0.2) is 48.5 Å². The van der Waals surface area contributed by atoms with Crippen molar-refractivity contribution < 1.29 is 23.6 Å². The first-order chi connectivity index (χ1) is 16.6. The normalized spacial score (nSPS) is 17.2. The molecule has 3 amide bonds. The highest BCUT2D eigenvalue weighted by atomic mass is 31.1. The predicted octanol–water partition coefficient (Wildman–Crippen LogP) is 3.23. The molecule has 182 valence electrons. The van der Waals surface area contributed by atoms with Crippen molar-refractivity contribution >= 4 is 20.7 Å². The predicted molar refractivity (Wildman–Crippen MR) is 131 cm³/mol. The smallest absolute Gasteiger partial charge is 0.317 e. The number of carbonyl (C=O) groups is 2. The Hall–Kier alpha value is -2.83. The number of primary amides is 1. The Balaban J connectivity index is 1.14. The molecule has 0 saturated carbocycles. The maximum absolute atomic E-state index is 12.4. The van der Waals surface area contributed by atoms with Gasteiger partial charge in [0.25, 0.3) is 0 Å². The van der Waals surface area contributed by atoms with Crippen molar-refractivity contribution in [1.82, 2.24) is 10.2 Å². The second-order valence-electron chi connectivity index (χ2n) is 8.61. The van der Waals surface area contributed by atoms with E-state index < -0.39 is 5.16 Å². The van der Waals surface area contributed by atoms with Gasteiger partial charge in [0, 0.05) is 32.8 Å². The van der Waals surface area contributed by atoms with Crippen molar-refractivity contribution in [1.29, 1.82) is 0 Å². The molecule has 1 fully saturated rings. The third kappa shape index (κ3) is 6.19. The van der Waals surface area contributed by atoms with Crippen LogP contribution in [0.2, 0.25) is 0 Å². The summed E-state index contributed by atoms with van der Waals surface area (Å²) in [6.07, 6.45) is 2.77. The van der Waals surface area contributed by atoms with Crippen LogP contribution in [0, 0.1) is 0 Å². The minimum absolute atomic E-state index is 0.0323. The number of ether oxygens (including phenoxy) is 2. The Labute approximate surface area is 202 Å². The van der Waals surface area contributed by atoms with E-state index in [9.17, 15) is 9.59 Å². The zero-order chi connectivity index (χ0) is 23.8. The summed E-state index contributed by atoms with van der Waals surface area (Å²) >= 11 is 0. The molecule has 2 aliphatic rings. The number of hydrogen-bond acceptors (Lipinski definition) is 5. The minimum Gasteiger partial charge on any atom is -0.494 e. The zero-order valence-corrected chi connectivity index (χ0v) is 20.3. The van der Waals surface area contributed by atoms with Crippen molar-refractivity contribution in [2.24, 2.45) is 5.73 Å². The monoisotopic (exact) mass is 485 g/mol. The van der Waals surface area contributed by atoms with Gasteiger partial charge in [0.1, 0.15) is 16.7 Å². The number of rotatable bonds is 9. The Kier molecular flexibility index (Phi) is 8.25. The Bertz CT molecular complexity index is 979. The molecule has 0 aromatic heterocycles. The van der Waals surface area contributed by atoms with Crippen molar-refractivity contribution in [3.05, 3.63) is 59.7 Å². The number of amides is 3. The van der Waals surface area contributed by atoms with Crippen molar-refractivity contribution in [3.8, 4) is 11.5 Å². The van der Waals surface area contributed by atoms with E-state index in [0.717, 1.165) is 18.7 Å². The van der Waals surface area contributed by atoms with E-state index in [4.69, 9.17) is 19.7 Å². The highest BCUT2D eigenvalue weighted by Crippen LogP contribution is 2.41. The summed E-state index contributed by atoms with van der Waals surface area (Å²) in [4.78, 5) is 26.2. The molecule has 34 heavy (non-hydrogen) atoms. The average Bonchev–Trinajstić information content (AvgIpc) is 2.88. The maximum Gasteiger partial charge on any atom is 0.317 e. The Morgan fingerprint density at radius 1 is 1.06 bits per heavy atom. The van der Waals surface area contributed by atoms with E-state index in [1.165, 1.54) is 11.1 Å². The van der Waals surface area contributed by atoms with Crippen LogP contribution in [0.5, 0.6) is 11.5 Å². The summed E-state index contributed by atoms with van der Waals surface area (Å²) in [7, 11) is -0.0435. The maximum atomic E-state index is 12.4. The molecule has 1 unspecified atom stereocenters. The molecule has 4 rings (SSSR count). The minimum atomic E-state index is -0.643. The third-order valence-corrected chi connectivity index (χ3v) is 7.76. The average molecular weight is 486 g/mol. The van der Waals surface area contributed by atoms with Gasteiger partial charge in [-0.25, -0.2) is 4.79 Å². The fourth-order valence-electron chi connectivity index (χ4n) is 4.12. The topological polar surface area (TPSA) is 103 Å². The molecule has 0 bridgehead atoms. The summed E-state index contributed by atoms with van der Waals surface area (Å²) in [5.41, 5.74) is 8.18. The van der Waals surface area contributed by atoms with E-state index >= 15 is 0 Å². The standard InChI is InChI=1S/C25H32N3O5P/c26-23(29)25(11-16-31-17-12-25)34-33-22-8-6-21(7-9-22)32-15-3-13-27-24(30)28-14-10-19-4-1-2-5-20(19)18-28/h1-2,4-9,34H,3,10-18H2,(H2,26,29)(H,27,30). The number of fused-ring (bicyclic) bond motifs is 1. The zero-order valence-electron chi connectivity index (χ0n) is 19.3. The second kappa shape index (κ2) is 11.5. The second-order valence-corrected chi connectivity index (χ2v) is 9.97. The summed E-state index contributed by atoms with van der Waals surface area (Å²) in [5.74, 6) is 1.07. The Morgan fingerprint density at radius 3 is 2.50 bits per heavy atom. The summed E-state index contributed by atoms with van der Waals surface area (Å²) in [6.45, 7) is 3.50. The molecular formula is C25H32N3O5P. The van der Waals surface area contributed by atoms with Gasteiger partial charge in [0.2, 0.25) is 5.91 Å². The van der Waals surface area contributed by atoms with Gasteiger partial charge in [0.05, 0.1) is 15.4 Å². The van der Waals surface area contributed by atoms with Gasteiger partial charge in [-0.2, -0.15) is 0 Å². The molecule has 2 heterocycles. The fourth-order valence-corrected chi connectivity index (χ4v) is 5.08. The highest BCUT2D eigenvalue weighted by molar-refractivity contribution is 7.36. The molecule has 0 aliphatic carbocycles. The van der Waals surface area contributed by atoms with Crippen molar-refractivity contribution in [3.63, 3.8) is 0 Å². The SMILES string of the molecule is NC(=O)C1(POc2ccc(OCCCNC(=O)N3CCc4ccccc4C3)cc2)CCOCC1.